The second kappa shape index (κ2) is 1.66. The smallest absolute Gasteiger partial charge is 0.108 e. The molecule has 0 unspecified atom stereocenters. The minimum Gasteiger partial charge on any atom is -0.395 e. The summed E-state index contributed by atoms with van der Waals surface area (Å²) in [5.41, 5.74) is 10.6. The highest BCUT2D eigenvalue weighted by atomic mass is 14.7. The lowest BCUT2D eigenvalue weighted by Gasteiger charge is -1.84. The van der Waals surface area contributed by atoms with Gasteiger partial charge in [0.05, 0.1) is 11.4 Å². The Kier molecular flexibility index (Phi) is 1.08. The highest BCUT2D eigenvalue weighted by molar-refractivity contribution is 5.62. The van der Waals surface area contributed by atoms with Crippen LogP contribution in [0.15, 0.2) is 0 Å². The van der Waals surface area contributed by atoms with Crippen molar-refractivity contribution in [3.8, 4) is 0 Å². The Bertz CT molecular complexity index is 358. The number of anilines is 2. The molecule has 0 fully saturated rings. The summed E-state index contributed by atoms with van der Waals surface area (Å²) >= 11 is 0. The van der Waals surface area contributed by atoms with Crippen molar-refractivity contribution < 1.29 is 0 Å². The Morgan fingerprint density at radius 1 is 0.700 bits per heavy atom. The van der Waals surface area contributed by atoms with Gasteiger partial charge < -0.3 is 11.5 Å². The Labute approximate surface area is 56.2 Å². The molecule has 0 atom stereocenters. The third kappa shape index (κ3) is 0.540. The molecule has 0 amide bonds. The molecule has 1 aromatic rings. The molecule has 7 N–H and O–H groups in total. The second-order valence-corrected chi connectivity index (χ2v) is 1.95. The van der Waals surface area contributed by atoms with Gasteiger partial charge in [-0.1, -0.05) is 0 Å². The van der Waals surface area contributed by atoms with Crippen molar-refractivity contribution in [3.63, 3.8) is 0 Å². The van der Waals surface area contributed by atoms with Gasteiger partial charge in [0.25, 0.3) is 0 Å². The summed E-state index contributed by atoms with van der Waals surface area (Å²) in [6.07, 6.45) is 0. The Morgan fingerprint density at radius 2 is 1.00 bits per heavy atom. The van der Waals surface area contributed by atoms with Crippen LogP contribution in [0.25, 0.3) is 0 Å². The minimum atomic E-state index is -0.199. The van der Waals surface area contributed by atoms with Gasteiger partial charge in [-0.05, 0) is 0 Å². The molecule has 0 spiro atoms. The van der Waals surface area contributed by atoms with Crippen molar-refractivity contribution in [1.82, 2.24) is 0 Å². The van der Waals surface area contributed by atoms with E-state index in [4.69, 9.17) is 27.7 Å². The second-order valence-electron chi connectivity index (χ2n) is 1.95. The van der Waals surface area contributed by atoms with Gasteiger partial charge in [-0.2, -0.15) is 0 Å². The average molecular weight is 137 g/mol. The zero-order valence-corrected chi connectivity index (χ0v) is 5.15. The lowest BCUT2D eigenvalue weighted by molar-refractivity contribution is 1.11. The van der Waals surface area contributed by atoms with Crippen LogP contribution in [-0.2, 0) is 0 Å². The van der Waals surface area contributed by atoms with Gasteiger partial charge in [0.1, 0.15) is 16.1 Å². The lowest BCUT2D eigenvalue weighted by atomic mass is 10.4. The monoisotopic (exact) mass is 137 g/mol. The van der Waals surface area contributed by atoms with Gasteiger partial charge >= 0.3 is 0 Å². The van der Waals surface area contributed by atoms with E-state index in [2.05, 4.69) is 0 Å². The van der Waals surface area contributed by atoms with Crippen molar-refractivity contribution >= 4 is 11.4 Å². The molecule has 1 rings (SSSR count). The summed E-state index contributed by atoms with van der Waals surface area (Å²) < 4.78 is 0. The van der Waals surface area contributed by atoms with Gasteiger partial charge in [-0.3, -0.25) is 16.2 Å². The molecule has 0 bridgehead atoms. The van der Waals surface area contributed by atoms with Crippen molar-refractivity contribution in [2.24, 2.45) is 0 Å². The number of nitrogen functional groups attached to an aromatic ring is 2. The molecule has 5 heteroatoms. The van der Waals surface area contributed by atoms with Gasteiger partial charge in [-0.25, -0.2) is 0 Å². The van der Waals surface area contributed by atoms with E-state index < -0.39 is 0 Å². The van der Waals surface area contributed by atoms with Crippen LogP contribution in [0, 0.1) is 16.2 Å². The SMILES string of the molecule is N=c1c(N)c(N)c(=N)c1=N. The Morgan fingerprint density at radius 3 is 1.10 bits per heavy atom. The first-order valence-corrected chi connectivity index (χ1v) is 2.58. The van der Waals surface area contributed by atoms with Crippen molar-refractivity contribution in [2.45, 2.75) is 0 Å². The largest absolute Gasteiger partial charge is 0.395 e. The summed E-state index contributed by atoms with van der Waals surface area (Å²) in [6.45, 7) is 0. The average Bonchev–Trinajstić information content (AvgIpc) is 2.07. The van der Waals surface area contributed by atoms with Crippen LogP contribution in [0.3, 0.4) is 0 Å². The van der Waals surface area contributed by atoms with Gasteiger partial charge in [-0.15, -0.1) is 0 Å². The standard InChI is InChI=1S/C5H7N5/c6-1-2(7)4(9)5(10)3(1)8/h6-8H,9-10H2. The number of nitrogens with two attached hydrogens (primary N) is 2. The van der Waals surface area contributed by atoms with Crippen LogP contribution in [-0.4, -0.2) is 0 Å². The topological polar surface area (TPSA) is 124 Å². The molecule has 0 radical (unpaired) electrons. The maximum Gasteiger partial charge on any atom is 0.108 e. The molecule has 0 saturated carbocycles. The number of rotatable bonds is 0. The third-order valence-corrected chi connectivity index (χ3v) is 1.33. The van der Waals surface area contributed by atoms with E-state index in [-0.39, 0.29) is 27.4 Å². The molecule has 0 aliphatic carbocycles. The van der Waals surface area contributed by atoms with E-state index >= 15 is 0 Å². The molecule has 10 heavy (non-hydrogen) atoms. The van der Waals surface area contributed by atoms with E-state index in [0.717, 1.165) is 0 Å². The van der Waals surface area contributed by atoms with Crippen molar-refractivity contribution in [2.75, 3.05) is 11.5 Å². The molecule has 0 aliphatic heterocycles. The van der Waals surface area contributed by atoms with Gasteiger partial charge in [0, 0.05) is 0 Å². The van der Waals surface area contributed by atoms with Crippen LogP contribution in [0.1, 0.15) is 0 Å². The minimum absolute atomic E-state index is 0.0370. The number of hydrogen-bond donors (Lipinski definition) is 5. The maximum absolute atomic E-state index is 7.09. The van der Waals surface area contributed by atoms with Crippen molar-refractivity contribution in [1.29, 1.82) is 16.2 Å². The third-order valence-electron chi connectivity index (χ3n) is 1.33. The molecule has 1 aromatic carbocycles. The Balaban J connectivity index is 3.97. The lowest BCUT2D eigenvalue weighted by Crippen LogP contribution is -2.31. The summed E-state index contributed by atoms with van der Waals surface area (Å²) in [7, 11) is 0. The zero-order chi connectivity index (χ0) is 7.89. The quantitative estimate of drug-likeness (QED) is 0.288. The predicted molar refractivity (Wildman–Crippen MR) is 35.2 cm³/mol. The van der Waals surface area contributed by atoms with E-state index in [9.17, 15) is 0 Å². The fourth-order valence-electron chi connectivity index (χ4n) is 0.664. The van der Waals surface area contributed by atoms with Gasteiger partial charge in [0.15, 0.2) is 0 Å². The summed E-state index contributed by atoms with van der Waals surface area (Å²) in [5.74, 6) is 0. The van der Waals surface area contributed by atoms with Crippen LogP contribution in [0.4, 0.5) is 11.4 Å². The molecule has 0 heterocycles. The molecule has 52 valence electrons. The molecular formula is C5H7N5. The number of hydrogen-bond acceptors (Lipinski definition) is 5. The molecular weight excluding hydrogens is 130 g/mol. The Hall–Kier alpha value is -1.65. The normalized spacial score (nSPS) is 10.0. The van der Waals surface area contributed by atoms with E-state index in [1.807, 2.05) is 0 Å². The van der Waals surface area contributed by atoms with E-state index in [1.165, 1.54) is 0 Å². The highest BCUT2D eigenvalue weighted by Gasteiger charge is 2.04. The van der Waals surface area contributed by atoms with E-state index in [0.29, 0.717) is 0 Å². The van der Waals surface area contributed by atoms with Crippen molar-refractivity contribution in [3.05, 3.63) is 16.1 Å². The molecule has 0 aromatic heterocycles. The van der Waals surface area contributed by atoms with Crippen LogP contribution < -0.4 is 27.5 Å². The van der Waals surface area contributed by atoms with Crippen LogP contribution >= 0.6 is 0 Å². The predicted octanol–water partition coefficient (Wildman–Crippen LogP) is -1.83. The zero-order valence-electron chi connectivity index (χ0n) is 5.15. The first-order chi connectivity index (χ1) is 4.55. The number of nitrogens with one attached hydrogen (secondary N) is 3. The van der Waals surface area contributed by atoms with Crippen LogP contribution in [0.5, 0.6) is 0 Å². The molecule has 5 nitrogen and oxygen atoms in total. The maximum atomic E-state index is 7.09. The van der Waals surface area contributed by atoms with Gasteiger partial charge in [0.2, 0.25) is 0 Å². The van der Waals surface area contributed by atoms with E-state index in [1.54, 1.807) is 0 Å². The summed E-state index contributed by atoms with van der Waals surface area (Å²) in [6, 6.07) is 0. The first kappa shape index (κ1) is 6.47. The molecule has 0 aliphatic rings. The summed E-state index contributed by atoms with van der Waals surface area (Å²) in [4.78, 5) is 0. The first-order valence-electron chi connectivity index (χ1n) is 2.58. The fourth-order valence-corrected chi connectivity index (χ4v) is 0.664. The fraction of sp³-hybridized carbons (Fsp3) is 0. The van der Waals surface area contributed by atoms with Crippen LogP contribution in [0.2, 0.25) is 0 Å². The highest BCUT2D eigenvalue weighted by Crippen LogP contribution is 1.96. The molecule has 0 saturated heterocycles. The summed E-state index contributed by atoms with van der Waals surface area (Å²) in [5, 5.41) is 20.8.